The lowest BCUT2D eigenvalue weighted by atomic mass is 10.1. The zero-order valence-electron chi connectivity index (χ0n) is 12.8. The van der Waals surface area contributed by atoms with Crippen LogP contribution in [0.25, 0.3) is 10.8 Å². The number of fused-ring (bicyclic) bond motifs is 1. The van der Waals surface area contributed by atoms with Crippen LogP contribution in [0.2, 0.25) is 0 Å². The Labute approximate surface area is 140 Å². The number of hydrogen-bond acceptors (Lipinski definition) is 3. The maximum atomic E-state index is 12.3. The molecule has 0 aromatic heterocycles. The normalized spacial score (nSPS) is 14.8. The standard InChI is InChI=1S/C17H19N3O2S/c18-17(23)20-10-8-19(9-11-20)16(21)12-22-15-7-3-5-13-4-1-2-6-14(13)15/h1-7H,8-12H2,(H2,18,23). The third-order valence-corrected chi connectivity index (χ3v) is 4.30. The third-order valence-electron chi connectivity index (χ3n) is 4.04. The Kier molecular flexibility index (Phi) is 4.62. The van der Waals surface area contributed by atoms with E-state index in [0.29, 0.717) is 31.3 Å². The smallest absolute Gasteiger partial charge is 0.260 e. The summed E-state index contributed by atoms with van der Waals surface area (Å²) in [6.45, 7) is 2.63. The molecule has 0 unspecified atom stereocenters. The fourth-order valence-corrected chi connectivity index (χ4v) is 2.91. The highest BCUT2D eigenvalue weighted by atomic mass is 32.1. The highest BCUT2D eigenvalue weighted by molar-refractivity contribution is 7.80. The summed E-state index contributed by atoms with van der Waals surface area (Å²) in [5.41, 5.74) is 5.61. The molecule has 1 heterocycles. The first-order valence-corrected chi connectivity index (χ1v) is 7.99. The lowest BCUT2D eigenvalue weighted by molar-refractivity contribution is -0.134. The van der Waals surface area contributed by atoms with Crippen molar-refractivity contribution in [3.05, 3.63) is 42.5 Å². The molecule has 0 aliphatic carbocycles. The predicted octanol–water partition coefficient (Wildman–Crippen LogP) is 1.61. The molecule has 120 valence electrons. The molecule has 23 heavy (non-hydrogen) atoms. The molecule has 0 radical (unpaired) electrons. The van der Waals surface area contributed by atoms with Crippen LogP contribution < -0.4 is 10.5 Å². The van der Waals surface area contributed by atoms with Gasteiger partial charge in [-0.1, -0.05) is 36.4 Å². The van der Waals surface area contributed by atoms with Crippen LogP contribution in [0.15, 0.2) is 42.5 Å². The van der Waals surface area contributed by atoms with E-state index in [1.807, 2.05) is 47.4 Å². The van der Waals surface area contributed by atoms with Crippen LogP contribution in [0.5, 0.6) is 5.75 Å². The SMILES string of the molecule is NC(=S)N1CCN(C(=O)COc2cccc3ccccc23)CC1. The van der Waals surface area contributed by atoms with Crippen molar-refractivity contribution in [2.45, 2.75) is 0 Å². The van der Waals surface area contributed by atoms with Gasteiger partial charge in [0.1, 0.15) is 5.75 Å². The Morgan fingerprint density at radius 2 is 1.70 bits per heavy atom. The second kappa shape index (κ2) is 6.83. The van der Waals surface area contributed by atoms with Crippen molar-refractivity contribution < 1.29 is 9.53 Å². The molecule has 2 aromatic carbocycles. The second-order valence-corrected chi connectivity index (χ2v) is 5.89. The van der Waals surface area contributed by atoms with Crippen molar-refractivity contribution in [1.82, 2.24) is 9.80 Å². The maximum absolute atomic E-state index is 12.3. The zero-order valence-corrected chi connectivity index (χ0v) is 13.6. The van der Waals surface area contributed by atoms with Gasteiger partial charge in [0.05, 0.1) is 0 Å². The molecule has 0 saturated carbocycles. The minimum atomic E-state index is -0.0134. The third kappa shape index (κ3) is 3.53. The average Bonchev–Trinajstić information content (AvgIpc) is 2.59. The van der Waals surface area contributed by atoms with Gasteiger partial charge < -0.3 is 20.3 Å². The van der Waals surface area contributed by atoms with Crippen molar-refractivity contribution in [3.8, 4) is 5.75 Å². The van der Waals surface area contributed by atoms with Gasteiger partial charge in [0.2, 0.25) is 0 Å². The topological polar surface area (TPSA) is 58.8 Å². The summed E-state index contributed by atoms with van der Waals surface area (Å²) in [6, 6.07) is 13.8. The van der Waals surface area contributed by atoms with Crippen molar-refractivity contribution in [3.63, 3.8) is 0 Å². The van der Waals surface area contributed by atoms with Crippen LogP contribution >= 0.6 is 12.2 Å². The number of thiocarbonyl (C=S) groups is 1. The van der Waals surface area contributed by atoms with Gasteiger partial charge in [-0.25, -0.2) is 0 Å². The number of piperazine rings is 1. The molecule has 0 spiro atoms. The first-order valence-electron chi connectivity index (χ1n) is 7.58. The molecule has 2 N–H and O–H groups in total. The molecule has 0 atom stereocenters. The number of amides is 1. The fraction of sp³-hybridized carbons (Fsp3) is 0.294. The van der Waals surface area contributed by atoms with Gasteiger partial charge in [-0.3, -0.25) is 4.79 Å². The Bertz CT molecular complexity index is 721. The molecule has 6 heteroatoms. The van der Waals surface area contributed by atoms with Gasteiger partial charge in [-0.15, -0.1) is 0 Å². The van der Waals surface area contributed by atoms with E-state index in [2.05, 4.69) is 0 Å². The summed E-state index contributed by atoms with van der Waals surface area (Å²) in [4.78, 5) is 16.0. The van der Waals surface area contributed by atoms with E-state index in [-0.39, 0.29) is 12.5 Å². The first kappa shape index (κ1) is 15.6. The molecule has 1 amide bonds. The minimum Gasteiger partial charge on any atom is -0.483 e. The average molecular weight is 329 g/mol. The van der Waals surface area contributed by atoms with E-state index in [0.717, 1.165) is 16.5 Å². The van der Waals surface area contributed by atoms with E-state index in [9.17, 15) is 4.79 Å². The van der Waals surface area contributed by atoms with Gasteiger partial charge in [-0.2, -0.15) is 0 Å². The molecule has 1 fully saturated rings. The molecule has 1 aliphatic heterocycles. The van der Waals surface area contributed by atoms with E-state index in [1.165, 1.54) is 0 Å². The summed E-state index contributed by atoms with van der Waals surface area (Å²) >= 11 is 4.96. The van der Waals surface area contributed by atoms with Crippen LogP contribution in [0.3, 0.4) is 0 Å². The second-order valence-electron chi connectivity index (χ2n) is 5.47. The number of carbonyl (C=O) groups excluding carboxylic acids is 1. The summed E-state index contributed by atoms with van der Waals surface area (Å²) in [7, 11) is 0. The number of carbonyl (C=O) groups is 1. The highest BCUT2D eigenvalue weighted by Crippen LogP contribution is 2.25. The molecular formula is C17H19N3O2S. The van der Waals surface area contributed by atoms with Crippen molar-refractivity contribution in [1.29, 1.82) is 0 Å². The lowest BCUT2D eigenvalue weighted by Crippen LogP contribution is -2.52. The minimum absolute atomic E-state index is 0.0134. The molecule has 0 bridgehead atoms. The monoisotopic (exact) mass is 329 g/mol. The van der Waals surface area contributed by atoms with Crippen molar-refractivity contribution in [2.24, 2.45) is 5.73 Å². The quantitative estimate of drug-likeness (QED) is 0.867. The summed E-state index contributed by atoms with van der Waals surface area (Å²) in [5.74, 6) is 0.721. The molecule has 1 saturated heterocycles. The highest BCUT2D eigenvalue weighted by Gasteiger charge is 2.21. The van der Waals surface area contributed by atoms with Gasteiger partial charge in [-0.05, 0) is 23.7 Å². The van der Waals surface area contributed by atoms with Crippen LogP contribution in [-0.2, 0) is 4.79 Å². The van der Waals surface area contributed by atoms with E-state index >= 15 is 0 Å². The first-order chi connectivity index (χ1) is 11.1. The molecule has 1 aliphatic rings. The summed E-state index contributed by atoms with van der Waals surface area (Å²) < 4.78 is 5.75. The van der Waals surface area contributed by atoms with Gasteiger partial charge in [0, 0.05) is 31.6 Å². The van der Waals surface area contributed by atoms with Crippen LogP contribution in [0, 0.1) is 0 Å². The predicted molar refractivity (Wildman–Crippen MR) is 94.4 cm³/mol. The Balaban J connectivity index is 1.60. The molecular weight excluding hydrogens is 310 g/mol. The molecule has 2 aromatic rings. The van der Waals surface area contributed by atoms with Crippen LogP contribution in [-0.4, -0.2) is 53.6 Å². The lowest BCUT2D eigenvalue weighted by Gasteiger charge is -2.34. The zero-order chi connectivity index (χ0) is 16.2. The van der Waals surface area contributed by atoms with Crippen LogP contribution in [0.1, 0.15) is 0 Å². The number of ether oxygens (including phenoxy) is 1. The van der Waals surface area contributed by atoms with Gasteiger partial charge >= 0.3 is 0 Å². The van der Waals surface area contributed by atoms with E-state index in [1.54, 1.807) is 4.90 Å². The number of rotatable bonds is 3. The van der Waals surface area contributed by atoms with Crippen molar-refractivity contribution in [2.75, 3.05) is 32.8 Å². The number of nitrogens with two attached hydrogens (primary N) is 1. The molecule has 5 nitrogen and oxygen atoms in total. The number of hydrogen-bond donors (Lipinski definition) is 1. The van der Waals surface area contributed by atoms with E-state index in [4.69, 9.17) is 22.7 Å². The van der Waals surface area contributed by atoms with Gasteiger partial charge in [0.25, 0.3) is 5.91 Å². The fourth-order valence-electron chi connectivity index (χ4n) is 2.73. The summed E-state index contributed by atoms with van der Waals surface area (Å²) in [5, 5.41) is 2.51. The maximum Gasteiger partial charge on any atom is 0.260 e. The summed E-state index contributed by atoms with van der Waals surface area (Å²) in [6.07, 6.45) is 0. The Morgan fingerprint density at radius 1 is 1.04 bits per heavy atom. The Hall–Kier alpha value is -2.34. The largest absolute Gasteiger partial charge is 0.483 e. The number of nitrogens with zero attached hydrogens (tertiary/aromatic N) is 2. The van der Waals surface area contributed by atoms with Gasteiger partial charge in [0.15, 0.2) is 11.7 Å². The number of benzene rings is 2. The van der Waals surface area contributed by atoms with Crippen molar-refractivity contribution >= 4 is 34.0 Å². The molecule has 3 rings (SSSR count). The Morgan fingerprint density at radius 3 is 2.43 bits per heavy atom. The van der Waals surface area contributed by atoms with E-state index < -0.39 is 0 Å². The van der Waals surface area contributed by atoms with Crippen LogP contribution in [0.4, 0.5) is 0 Å².